The van der Waals surface area contributed by atoms with Gasteiger partial charge in [0, 0.05) is 16.9 Å². The molecule has 0 aliphatic carbocycles. The van der Waals surface area contributed by atoms with Crippen molar-refractivity contribution in [3.63, 3.8) is 0 Å². The molecule has 0 bridgehead atoms. The zero-order valence-electron chi connectivity index (χ0n) is 11.2. The maximum atomic E-state index is 12.2. The van der Waals surface area contributed by atoms with Gasteiger partial charge in [-0.25, -0.2) is 0 Å². The van der Waals surface area contributed by atoms with Crippen LogP contribution in [-0.2, 0) is 10.1 Å². The molecule has 0 saturated heterocycles. The summed E-state index contributed by atoms with van der Waals surface area (Å²) in [5.41, 5.74) is 7.01. The van der Waals surface area contributed by atoms with Crippen LogP contribution >= 0.6 is 0 Å². The van der Waals surface area contributed by atoms with Crippen LogP contribution in [-0.4, -0.2) is 18.9 Å². The van der Waals surface area contributed by atoms with Crippen LogP contribution in [0.15, 0.2) is 47.4 Å². The fraction of sp³-hybridized carbons (Fsp3) is 0.0714. The lowest BCUT2D eigenvalue weighted by molar-refractivity contribution is 0.102. The molecular weight excluding hydrogens is 292 g/mol. The lowest BCUT2D eigenvalue weighted by Gasteiger charge is -2.10. The second-order valence-electron chi connectivity index (χ2n) is 4.48. The maximum absolute atomic E-state index is 12.2. The van der Waals surface area contributed by atoms with Gasteiger partial charge in [-0.1, -0.05) is 6.07 Å². The summed E-state index contributed by atoms with van der Waals surface area (Å²) in [4.78, 5) is 11.9. The zero-order chi connectivity index (χ0) is 15.6. The highest BCUT2D eigenvalue weighted by atomic mass is 32.2. The topological polar surface area (TPSA) is 109 Å². The number of anilines is 2. The molecule has 4 N–H and O–H groups in total. The molecule has 110 valence electrons. The number of hydrogen-bond acceptors (Lipinski definition) is 4. The number of amides is 1. The average Bonchev–Trinajstić information content (AvgIpc) is 2.40. The second kappa shape index (κ2) is 5.55. The fourth-order valence-electron chi connectivity index (χ4n) is 1.90. The number of nitrogen functional groups attached to an aromatic ring is 1. The molecule has 7 heteroatoms. The highest BCUT2D eigenvalue weighted by Crippen LogP contribution is 2.20. The van der Waals surface area contributed by atoms with Crippen molar-refractivity contribution in [1.82, 2.24) is 0 Å². The number of carbonyl (C=O) groups is 1. The molecular formula is C14H14N2O4S. The second-order valence-corrected chi connectivity index (χ2v) is 5.87. The Balaban J connectivity index is 2.34. The summed E-state index contributed by atoms with van der Waals surface area (Å²) in [6.45, 7) is 1.46. The molecule has 1 amide bonds. The Morgan fingerprint density at radius 3 is 2.33 bits per heavy atom. The normalized spacial score (nSPS) is 11.1. The van der Waals surface area contributed by atoms with Crippen LogP contribution in [0, 0.1) is 6.92 Å². The van der Waals surface area contributed by atoms with Crippen LogP contribution < -0.4 is 11.1 Å². The first-order valence-corrected chi connectivity index (χ1v) is 7.47. The molecule has 0 aliphatic heterocycles. The Hall–Kier alpha value is -2.38. The molecule has 21 heavy (non-hydrogen) atoms. The molecule has 0 fully saturated rings. The van der Waals surface area contributed by atoms with Gasteiger partial charge in [0.25, 0.3) is 16.0 Å². The van der Waals surface area contributed by atoms with E-state index < -0.39 is 16.0 Å². The smallest absolute Gasteiger partial charge is 0.294 e. The summed E-state index contributed by atoms with van der Waals surface area (Å²) in [7, 11) is -4.36. The van der Waals surface area contributed by atoms with Gasteiger partial charge in [-0.2, -0.15) is 8.42 Å². The molecule has 0 atom stereocenters. The number of nitrogens with one attached hydrogen (secondary N) is 1. The summed E-state index contributed by atoms with van der Waals surface area (Å²) >= 11 is 0. The number of hydrogen-bond donors (Lipinski definition) is 3. The van der Waals surface area contributed by atoms with E-state index in [4.69, 9.17) is 10.3 Å². The van der Waals surface area contributed by atoms with Crippen LogP contribution in [0.3, 0.4) is 0 Å². The third-order valence-electron chi connectivity index (χ3n) is 2.98. The van der Waals surface area contributed by atoms with E-state index in [1.54, 1.807) is 24.3 Å². The minimum absolute atomic E-state index is 0.168. The van der Waals surface area contributed by atoms with Crippen molar-refractivity contribution in [3.05, 3.63) is 53.6 Å². The van der Waals surface area contributed by atoms with Crippen LogP contribution in [0.25, 0.3) is 0 Å². The standard InChI is InChI=1S/C14H14N2O4S/c1-9-12(3-2-4-13(9)21(18,19)20)14(17)16-11-7-5-10(15)6-8-11/h2-8H,15H2,1H3,(H,16,17)(H,18,19,20). The molecule has 0 aromatic heterocycles. The SMILES string of the molecule is Cc1c(C(=O)Nc2ccc(N)cc2)cccc1S(=O)(=O)O. The number of nitrogens with two attached hydrogens (primary N) is 1. The largest absolute Gasteiger partial charge is 0.399 e. The van der Waals surface area contributed by atoms with E-state index in [9.17, 15) is 13.2 Å². The average molecular weight is 306 g/mol. The summed E-state index contributed by atoms with van der Waals surface area (Å²) in [5, 5.41) is 2.63. The number of rotatable bonds is 3. The van der Waals surface area contributed by atoms with Crippen LogP contribution in [0.4, 0.5) is 11.4 Å². The molecule has 2 aromatic rings. The molecule has 0 aliphatic rings. The van der Waals surface area contributed by atoms with E-state index in [1.807, 2.05) is 0 Å². The van der Waals surface area contributed by atoms with E-state index in [1.165, 1.54) is 25.1 Å². The number of carbonyl (C=O) groups excluding carboxylic acids is 1. The van der Waals surface area contributed by atoms with Crippen LogP contribution in [0.1, 0.15) is 15.9 Å². The molecule has 0 saturated carbocycles. The Morgan fingerprint density at radius 1 is 1.14 bits per heavy atom. The van der Waals surface area contributed by atoms with Crippen LogP contribution in [0.5, 0.6) is 0 Å². The van der Waals surface area contributed by atoms with E-state index in [0.29, 0.717) is 11.4 Å². The van der Waals surface area contributed by atoms with Crippen molar-refractivity contribution >= 4 is 27.4 Å². The van der Waals surface area contributed by atoms with Crippen molar-refractivity contribution in [3.8, 4) is 0 Å². The van der Waals surface area contributed by atoms with Gasteiger partial charge in [0.05, 0.1) is 4.90 Å². The Kier molecular flexibility index (Phi) is 3.97. The predicted octanol–water partition coefficient (Wildman–Crippen LogP) is 2.08. The Labute approximate surface area is 122 Å². The van der Waals surface area contributed by atoms with Crippen molar-refractivity contribution in [2.75, 3.05) is 11.1 Å². The minimum atomic E-state index is -4.36. The Morgan fingerprint density at radius 2 is 1.76 bits per heavy atom. The van der Waals surface area contributed by atoms with E-state index in [2.05, 4.69) is 5.32 Å². The molecule has 2 rings (SSSR count). The van der Waals surface area contributed by atoms with Crippen molar-refractivity contribution < 1.29 is 17.8 Å². The lowest BCUT2D eigenvalue weighted by atomic mass is 10.1. The molecule has 0 unspecified atom stereocenters. The van der Waals surface area contributed by atoms with Gasteiger partial charge in [0.2, 0.25) is 0 Å². The highest BCUT2D eigenvalue weighted by molar-refractivity contribution is 7.85. The molecule has 0 radical (unpaired) electrons. The molecule has 0 spiro atoms. The minimum Gasteiger partial charge on any atom is -0.399 e. The monoisotopic (exact) mass is 306 g/mol. The van der Waals surface area contributed by atoms with Crippen molar-refractivity contribution in [2.45, 2.75) is 11.8 Å². The summed E-state index contributed by atoms with van der Waals surface area (Å²) in [6, 6.07) is 10.7. The van der Waals surface area contributed by atoms with E-state index in [0.717, 1.165) is 0 Å². The van der Waals surface area contributed by atoms with Gasteiger partial charge in [-0.05, 0) is 48.9 Å². The number of benzene rings is 2. The predicted molar refractivity (Wildman–Crippen MR) is 79.8 cm³/mol. The third kappa shape index (κ3) is 3.39. The van der Waals surface area contributed by atoms with Gasteiger partial charge < -0.3 is 11.1 Å². The van der Waals surface area contributed by atoms with Gasteiger partial charge in [-0.3, -0.25) is 9.35 Å². The van der Waals surface area contributed by atoms with Gasteiger partial charge in [0.15, 0.2) is 0 Å². The van der Waals surface area contributed by atoms with Gasteiger partial charge in [0.1, 0.15) is 0 Å². The maximum Gasteiger partial charge on any atom is 0.294 e. The van der Waals surface area contributed by atoms with Crippen LogP contribution in [0.2, 0.25) is 0 Å². The first-order chi connectivity index (χ1) is 9.79. The molecule has 6 nitrogen and oxygen atoms in total. The Bertz CT molecular complexity index is 783. The lowest BCUT2D eigenvalue weighted by Crippen LogP contribution is -2.15. The quantitative estimate of drug-likeness (QED) is 0.594. The fourth-order valence-corrected chi connectivity index (χ4v) is 2.65. The van der Waals surface area contributed by atoms with Gasteiger partial charge >= 0.3 is 0 Å². The summed E-state index contributed by atoms with van der Waals surface area (Å²) in [5.74, 6) is -0.470. The summed E-state index contributed by atoms with van der Waals surface area (Å²) in [6.07, 6.45) is 0. The first kappa shape index (κ1) is 15.0. The first-order valence-electron chi connectivity index (χ1n) is 6.03. The van der Waals surface area contributed by atoms with E-state index in [-0.39, 0.29) is 16.0 Å². The van der Waals surface area contributed by atoms with Gasteiger partial charge in [-0.15, -0.1) is 0 Å². The highest BCUT2D eigenvalue weighted by Gasteiger charge is 2.18. The van der Waals surface area contributed by atoms with E-state index >= 15 is 0 Å². The van der Waals surface area contributed by atoms with Crippen molar-refractivity contribution in [2.24, 2.45) is 0 Å². The molecule has 2 aromatic carbocycles. The third-order valence-corrected chi connectivity index (χ3v) is 3.97. The van der Waals surface area contributed by atoms with Crippen molar-refractivity contribution in [1.29, 1.82) is 0 Å². The summed E-state index contributed by atoms with van der Waals surface area (Å²) < 4.78 is 31.6. The molecule has 0 heterocycles. The zero-order valence-corrected chi connectivity index (χ0v) is 12.0.